The fraction of sp³-hybridized carbons (Fsp3) is 0.125. The van der Waals surface area contributed by atoms with E-state index >= 15 is 0 Å². The summed E-state index contributed by atoms with van der Waals surface area (Å²) in [5.41, 5.74) is 0. The molecule has 62 valence electrons. The molecular weight excluding hydrogens is 238 g/mol. The van der Waals surface area contributed by atoms with Gasteiger partial charge < -0.3 is 4.74 Å². The van der Waals surface area contributed by atoms with E-state index in [9.17, 15) is 0 Å². The second-order valence-electron chi connectivity index (χ2n) is 2.33. The first-order valence-corrected chi connectivity index (χ1v) is 4.97. The van der Waals surface area contributed by atoms with Gasteiger partial charge in [0.25, 0.3) is 0 Å². The first-order valence-electron chi connectivity index (χ1n) is 3.40. The van der Waals surface area contributed by atoms with Gasteiger partial charge in [0.1, 0.15) is 0 Å². The lowest BCUT2D eigenvalue weighted by atomic mass is 10.3. The molecule has 0 N–H and O–H groups in total. The maximum Gasteiger partial charge on any atom is 0.232 e. The molecule has 0 radical (unpaired) electrons. The van der Waals surface area contributed by atoms with Crippen molar-refractivity contribution in [2.24, 2.45) is 0 Å². The minimum Gasteiger partial charge on any atom is -0.480 e. The van der Waals surface area contributed by atoms with Gasteiger partial charge in [-0.25, -0.2) is 0 Å². The second kappa shape index (κ2) is 3.03. The predicted molar refractivity (Wildman–Crippen MR) is 53.9 cm³/mol. The summed E-state index contributed by atoms with van der Waals surface area (Å²) in [6.07, 6.45) is 0. The van der Waals surface area contributed by atoms with Crippen LogP contribution in [0.25, 0.3) is 10.1 Å². The van der Waals surface area contributed by atoms with Crippen LogP contribution in [0.3, 0.4) is 0 Å². The molecule has 0 amide bonds. The number of hydrogen-bond donors (Lipinski definition) is 0. The normalized spacial score (nSPS) is 10.5. The van der Waals surface area contributed by atoms with Gasteiger partial charge in [-0.3, -0.25) is 0 Å². The number of hydrogen-bond acceptors (Lipinski definition) is 3. The van der Waals surface area contributed by atoms with Crippen LogP contribution in [0.4, 0.5) is 0 Å². The Bertz CT molecular complexity index is 412. The number of rotatable bonds is 1. The summed E-state index contributed by atoms with van der Waals surface area (Å²) in [7, 11) is 1.63. The molecule has 0 aliphatic rings. The van der Waals surface area contributed by atoms with E-state index in [0.717, 1.165) is 14.6 Å². The van der Waals surface area contributed by atoms with Gasteiger partial charge in [0.05, 0.1) is 17.2 Å². The number of aromatic nitrogens is 1. The fourth-order valence-electron chi connectivity index (χ4n) is 1.04. The average Bonchev–Trinajstić information content (AvgIpc) is 2.46. The summed E-state index contributed by atoms with van der Waals surface area (Å²) in [5, 5.41) is 1.07. The first kappa shape index (κ1) is 8.01. The quantitative estimate of drug-likeness (QED) is 0.769. The largest absolute Gasteiger partial charge is 0.480 e. The predicted octanol–water partition coefficient (Wildman–Crippen LogP) is 3.07. The molecule has 2 rings (SSSR count). The van der Waals surface area contributed by atoms with E-state index in [-0.39, 0.29) is 0 Å². The van der Waals surface area contributed by atoms with Gasteiger partial charge in [-0.2, -0.15) is 4.37 Å². The summed E-state index contributed by atoms with van der Waals surface area (Å²) in [5.74, 6) is 0.705. The zero-order valence-electron chi connectivity index (χ0n) is 6.37. The van der Waals surface area contributed by atoms with Crippen molar-refractivity contribution in [1.82, 2.24) is 4.37 Å². The highest BCUT2D eigenvalue weighted by Gasteiger charge is 2.05. The van der Waals surface area contributed by atoms with Crippen LogP contribution in [0.15, 0.2) is 22.7 Å². The summed E-state index contributed by atoms with van der Waals surface area (Å²) in [6, 6.07) is 6.04. The number of nitrogens with zero attached hydrogens (tertiary/aromatic N) is 1. The minimum absolute atomic E-state index is 0.705. The molecule has 0 unspecified atom stereocenters. The highest BCUT2D eigenvalue weighted by atomic mass is 79.9. The van der Waals surface area contributed by atoms with Crippen molar-refractivity contribution < 1.29 is 4.74 Å². The zero-order valence-corrected chi connectivity index (χ0v) is 8.78. The molecular formula is C8H6BrNOS. The van der Waals surface area contributed by atoms with E-state index in [2.05, 4.69) is 20.3 Å². The van der Waals surface area contributed by atoms with Crippen molar-refractivity contribution in [3.8, 4) is 5.88 Å². The average molecular weight is 244 g/mol. The SMILES string of the molecule is COc1nsc2ccc(Br)cc12. The molecule has 1 aromatic heterocycles. The van der Waals surface area contributed by atoms with Crippen LogP contribution in [-0.4, -0.2) is 11.5 Å². The maximum atomic E-state index is 5.10. The van der Waals surface area contributed by atoms with Gasteiger partial charge in [-0.05, 0) is 29.7 Å². The monoisotopic (exact) mass is 243 g/mol. The third kappa shape index (κ3) is 1.21. The molecule has 0 saturated carbocycles. The summed E-state index contributed by atoms with van der Waals surface area (Å²) >= 11 is 4.85. The lowest BCUT2D eigenvalue weighted by Crippen LogP contribution is -1.81. The van der Waals surface area contributed by atoms with Crippen LogP contribution in [-0.2, 0) is 0 Å². The molecule has 1 heterocycles. The van der Waals surface area contributed by atoms with Crippen molar-refractivity contribution in [1.29, 1.82) is 0 Å². The molecule has 0 fully saturated rings. The van der Waals surface area contributed by atoms with E-state index in [1.165, 1.54) is 11.5 Å². The van der Waals surface area contributed by atoms with E-state index in [1.54, 1.807) is 7.11 Å². The van der Waals surface area contributed by atoms with Gasteiger partial charge in [0.15, 0.2) is 0 Å². The summed E-state index contributed by atoms with van der Waals surface area (Å²) in [6.45, 7) is 0. The van der Waals surface area contributed by atoms with Crippen molar-refractivity contribution in [3.05, 3.63) is 22.7 Å². The Kier molecular flexibility index (Phi) is 2.02. The molecule has 0 spiro atoms. The third-order valence-electron chi connectivity index (χ3n) is 1.59. The Morgan fingerprint density at radius 2 is 2.33 bits per heavy atom. The molecule has 1 aromatic carbocycles. The van der Waals surface area contributed by atoms with Crippen molar-refractivity contribution in [3.63, 3.8) is 0 Å². The van der Waals surface area contributed by atoms with Crippen LogP contribution >= 0.6 is 27.5 Å². The van der Waals surface area contributed by atoms with Crippen LogP contribution in [0.1, 0.15) is 0 Å². The highest BCUT2D eigenvalue weighted by Crippen LogP contribution is 2.30. The summed E-state index contributed by atoms with van der Waals surface area (Å²) in [4.78, 5) is 0. The highest BCUT2D eigenvalue weighted by molar-refractivity contribution is 9.10. The number of halogens is 1. The van der Waals surface area contributed by atoms with Gasteiger partial charge >= 0.3 is 0 Å². The number of methoxy groups -OCH3 is 1. The molecule has 0 aliphatic heterocycles. The van der Waals surface area contributed by atoms with Crippen molar-refractivity contribution in [2.75, 3.05) is 7.11 Å². The molecule has 4 heteroatoms. The lowest BCUT2D eigenvalue weighted by molar-refractivity contribution is 0.407. The number of fused-ring (bicyclic) bond motifs is 1. The van der Waals surface area contributed by atoms with Crippen LogP contribution in [0.2, 0.25) is 0 Å². The van der Waals surface area contributed by atoms with Crippen LogP contribution in [0, 0.1) is 0 Å². The summed E-state index contributed by atoms with van der Waals surface area (Å²) < 4.78 is 11.5. The van der Waals surface area contributed by atoms with Gasteiger partial charge in [0, 0.05) is 4.47 Å². The van der Waals surface area contributed by atoms with Gasteiger partial charge in [0.2, 0.25) is 5.88 Å². The molecule has 12 heavy (non-hydrogen) atoms. The Morgan fingerprint density at radius 1 is 1.50 bits per heavy atom. The minimum atomic E-state index is 0.705. The molecule has 2 nitrogen and oxygen atoms in total. The van der Waals surface area contributed by atoms with E-state index in [0.29, 0.717) is 5.88 Å². The van der Waals surface area contributed by atoms with Crippen molar-refractivity contribution in [2.45, 2.75) is 0 Å². The molecule has 2 aromatic rings. The molecule has 0 saturated heterocycles. The zero-order chi connectivity index (χ0) is 8.55. The molecule has 0 bridgehead atoms. The van der Waals surface area contributed by atoms with Crippen LogP contribution in [0.5, 0.6) is 5.88 Å². The Labute approximate surface area is 82.5 Å². The van der Waals surface area contributed by atoms with E-state index < -0.39 is 0 Å². The first-order chi connectivity index (χ1) is 5.81. The van der Waals surface area contributed by atoms with E-state index in [4.69, 9.17) is 4.74 Å². The Balaban J connectivity index is 2.75. The lowest BCUT2D eigenvalue weighted by Gasteiger charge is -1.94. The van der Waals surface area contributed by atoms with Crippen molar-refractivity contribution >= 4 is 37.5 Å². The second-order valence-corrected chi connectivity index (χ2v) is 4.05. The topological polar surface area (TPSA) is 22.1 Å². The fourth-order valence-corrected chi connectivity index (χ4v) is 2.12. The molecule has 0 atom stereocenters. The molecule has 0 aliphatic carbocycles. The van der Waals surface area contributed by atoms with Gasteiger partial charge in [-0.1, -0.05) is 15.9 Å². The number of ether oxygens (including phenoxy) is 1. The standard InChI is InChI=1S/C8H6BrNOS/c1-11-8-6-4-5(9)2-3-7(6)12-10-8/h2-4H,1H3. The van der Waals surface area contributed by atoms with Crippen LogP contribution < -0.4 is 4.74 Å². The Hall–Kier alpha value is -0.610. The maximum absolute atomic E-state index is 5.10. The Morgan fingerprint density at radius 3 is 3.08 bits per heavy atom. The van der Waals surface area contributed by atoms with Gasteiger partial charge in [-0.15, -0.1) is 0 Å². The van der Waals surface area contributed by atoms with E-state index in [1.807, 2.05) is 18.2 Å². The smallest absolute Gasteiger partial charge is 0.232 e. The number of benzene rings is 1. The third-order valence-corrected chi connectivity index (χ3v) is 2.90.